The number of H-pyrrole nitrogens is 1. The summed E-state index contributed by atoms with van der Waals surface area (Å²) >= 11 is 0. The maximum Gasteiger partial charge on any atom is 0.323 e. The first-order valence-electron chi connectivity index (χ1n) is 13.6. The van der Waals surface area contributed by atoms with E-state index in [4.69, 9.17) is 14.2 Å². The topological polar surface area (TPSA) is 135 Å². The zero-order valence-electron chi connectivity index (χ0n) is 23.9. The van der Waals surface area contributed by atoms with Crippen molar-refractivity contribution in [1.82, 2.24) is 9.97 Å². The molecule has 11 nitrogen and oxygen atoms in total. The molecule has 3 N–H and O–H groups in total. The van der Waals surface area contributed by atoms with Gasteiger partial charge in [-0.05, 0) is 61.0 Å². The zero-order chi connectivity index (χ0) is 30.6. The van der Waals surface area contributed by atoms with E-state index in [0.29, 0.717) is 41.6 Å². The lowest BCUT2D eigenvalue weighted by molar-refractivity contribution is -0.564. The van der Waals surface area contributed by atoms with E-state index in [0.717, 1.165) is 15.9 Å². The summed E-state index contributed by atoms with van der Waals surface area (Å²) in [5, 5.41) is 5.16. The number of rotatable bonds is 14. The van der Waals surface area contributed by atoms with Gasteiger partial charge in [0.2, 0.25) is 6.54 Å². The molecule has 0 unspecified atom stereocenters. The third-order valence-electron chi connectivity index (χ3n) is 6.17. The van der Waals surface area contributed by atoms with Gasteiger partial charge in [0.1, 0.15) is 23.9 Å². The summed E-state index contributed by atoms with van der Waals surface area (Å²) in [4.78, 5) is 43.8. The van der Waals surface area contributed by atoms with Gasteiger partial charge in [0.05, 0.1) is 30.1 Å². The van der Waals surface area contributed by atoms with Crippen molar-refractivity contribution in [1.29, 1.82) is 0 Å². The first-order valence-corrected chi connectivity index (χ1v) is 13.6. The minimum atomic E-state index is -0.569. The first-order chi connectivity index (χ1) is 20.8. The number of pyridine rings is 1. The second-order valence-corrected chi connectivity index (χ2v) is 9.67. The van der Waals surface area contributed by atoms with Crippen molar-refractivity contribution in [3.63, 3.8) is 0 Å². The van der Waals surface area contributed by atoms with Crippen LogP contribution in [0.4, 0.5) is 20.6 Å². The van der Waals surface area contributed by atoms with Gasteiger partial charge in [-0.3, -0.25) is 9.78 Å². The van der Waals surface area contributed by atoms with Crippen LogP contribution >= 0.6 is 0 Å². The Morgan fingerprint density at radius 3 is 2.60 bits per heavy atom. The molecular weight excluding hydrogens is 557 g/mol. The lowest BCUT2D eigenvalue weighted by Crippen LogP contribution is -2.20. The summed E-state index contributed by atoms with van der Waals surface area (Å²) in [6.45, 7) is 2.70. The van der Waals surface area contributed by atoms with Crippen LogP contribution in [0.15, 0.2) is 73.1 Å². The van der Waals surface area contributed by atoms with Crippen molar-refractivity contribution >= 4 is 23.4 Å². The van der Waals surface area contributed by atoms with Gasteiger partial charge in [-0.1, -0.05) is 6.07 Å². The fourth-order valence-electron chi connectivity index (χ4n) is 4.06. The number of carbonyl (C=O) groups excluding carboxylic acids is 2. The highest BCUT2D eigenvalue weighted by atomic mass is 19.1. The van der Waals surface area contributed by atoms with E-state index >= 15 is 0 Å². The van der Waals surface area contributed by atoms with Gasteiger partial charge in [-0.2, -0.15) is 0 Å². The molecule has 43 heavy (non-hydrogen) atoms. The molecular formula is C31H33FN5O6+. The molecule has 0 saturated carbocycles. The molecule has 0 saturated heterocycles. The van der Waals surface area contributed by atoms with Gasteiger partial charge in [0, 0.05) is 52.9 Å². The predicted octanol–water partition coefficient (Wildman–Crippen LogP) is 6.21. The van der Waals surface area contributed by atoms with Crippen molar-refractivity contribution in [2.45, 2.75) is 26.3 Å². The van der Waals surface area contributed by atoms with Crippen LogP contribution in [0, 0.1) is 17.6 Å². The van der Waals surface area contributed by atoms with Gasteiger partial charge in [-0.15, -0.1) is 0 Å². The summed E-state index contributed by atoms with van der Waals surface area (Å²) in [7, 11) is 1.53. The number of benzene rings is 2. The number of ether oxygens (including phenoxy) is 3. The third-order valence-corrected chi connectivity index (χ3v) is 6.17. The smallest absolute Gasteiger partial charge is 0.323 e. The van der Waals surface area contributed by atoms with Crippen LogP contribution in [0.2, 0.25) is 0 Å². The maximum atomic E-state index is 13.9. The van der Waals surface area contributed by atoms with Crippen molar-refractivity contribution in [2.24, 2.45) is 0 Å². The minimum Gasteiger partial charge on any atom is -0.463 e. The van der Waals surface area contributed by atoms with E-state index in [-0.39, 0.29) is 37.8 Å². The van der Waals surface area contributed by atoms with E-state index in [1.165, 1.54) is 13.2 Å². The van der Waals surface area contributed by atoms with Gasteiger partial charge < -0.3 is 29.8 Å². The fourth-order valence-corrected chi connectivity index (χ4v) is 4.06. The Bertz CT molecular complexity index is 1560. The second kappa shape index (κ2) is 15.2. The first kappa shape index (κ1) is 30.8. The van der Waals surface area contributed by atoms with Gasteiger partial charge in [0.15, 0.2) is 6.54 Å². The summed E-state index contributed by atoms with van der Waals surface area (Å²) in [6.07, 6.45) is 3.91. The molecule has 12 heteroatoms. The molecule has 4 aromatic rings. The summed E-state index contributed by atoms with van der Waals surface area (Å²) < 4.78 is 30.6. The molecule has 4 rings (SSSR count). The number of nitrogens with zero attached hydrogens (tertiary/aromatic N) is 2. The standard InChI is InChI=1S/C31H32FN5O6/c1-21-5-10-26(32)27(16-21)36-31(39)35-23-6-8-24(9-7-23)43-25-11-12-33-29(18-25)28-17-22(19-34-28)20-37(40)13-3-4-30(38)42-15-14-41-2/h5-12,16-19H,3-4,13-15,20H2,1-2H3,(H2-,33,34,35,36,39)/p+1. The number of aryl methyl sites for hydroxylation is 1. The molecule has 0 fully saturated rings. The van der Waals surface area contributed by atoms with Crippen molar-refractivity contribution < 1.29 is 33.0 Å². The monoisotopic (exact) mass is 590 g/mol. The number of nitroso groups, excluding NO2 is 1. The number of carbonyl (C=O) groups is 2. The highest BCUT2D eigenvalue weighted by Crippen LogP contribution is 2.27. The molecule has 0 atom stereocenters. The SMILES string of the molecule is COCCOC(=O)CCC[N+](=O)Cc1c[nH]c(-c2cc(Oc3ccc(NC(=O)Nc4cc(C)ccc4F)cc3)ccn2)c1. The van der Waals surface area contributed by atoms with E-state index in [2.05, 4.69) is 20.6 Å². The number of hydrogen-bond donors (Lipinski definition) is 3. The van der Waals surface area contributed by atoms with Crippen molar-refractivity contribution in [2.75, 3.05) is 37.5 Å². The van der Waals surface area contributed by atoms with Crippen LogP contribution in [-0.4, -0.2) is 53.6 Å². The second-order valence-electron chi connectivity index (χ2n) is 9.67. The third kappa shape index (κ3) is 9.75. The largest absolute Gasteiger partial charge is 0.463 e. The Labute approximate surface area is 248 Å². The highest BCUT2D eigenvalue weighted by molar-refractivity contribution is 5.99. The number of esters is 1. The van der Waals surface area contributed by atoms with E-state index in [9.17, 15) is 18.9 Å². The number of nitrogens with one attached hydrogen (secondary N) is 3. The lowest BCUT2D eigenvalue weighted by Gasteiger charge is -2.10. The number of anilines is 2. The quantitative estimate of drug-likeness (QED) is 0.0903. The van der Waals surface area contributed by atoms with Crippen LogP contribution in [0.5, 0.6) is 11.5 Å². The molecule has 0 aliphatic carbocycles. The number of halogens is 1. The predicted molar refractivity (Wildman–Crippen MR) is 159 cm³/mol. The highest BCUT2D eigenvalue weighted by Gasteiger charge is 2.15. The summed E-state index contributed by atoms with van der Waals surface area (Å²) in [5.41, 5.74) is 3.54. The Kier molecular flexibility index (Phi) is 10.9. The van der Waals surface area contributed by atoms with E-state index in [1.54, 1.807) is 60.9 Å². The van der Waals surface area contributed by atoms with Crippen molar-refractivity contribution in [3.8, 4) is 22.9 Å². The molecule has 0 spiro atoms. The van der Waals surface area contributed by atoms with Crippen molar-refractivity contribution in [3.05, 3.63) is 94.9 Å². The van der Waals surface area contributed by atoms with Crippen LogP contribution in [0.25, 0.3) is 11.4 Å². The number of aromatic amines is 1. The summed E-state index contributed by atoms with van der Waals surface area (Å²) in [5.74, 6) is 0.200. The maximum absolute atomic E-state index is 13.9. The minimum absolute atomic E-state index is 0.0961. The molecule has 224 valence electrons. The van der Waals surface area contributed by atoms with E-state index in [1.807, 2.05) is 13.0 Å². The average molecular weight is 591 g/mol. The Balaban J connectivity index is 1.26. The molecule has 2 aromatic carbocycles. The molecule has 0 bridgehead atoms. The van der Waals surface area contributed by atoms with Gasteiger partial charge in [0.25, 0.3) is 0 Å². The number of urea groups is 1. The van der Waals surface area contributed by atoms with Gasteiger partial charge >= 0.3 is 12.0 Å². The molecule has 2 heterocycles. The normalized spacial score (nSPS) is 10.7. The number of hydrogen-bond acceptors (Lipinski definition) is 7. The Hall–Kier alpha value is -5.10. The lowest BCUT2D eigenvalue weighted by atomic mass is 10.2. The number of methoxy groups -OCH3 is 1. The Morgan fingerprint density at radius 1 is 1.00 bits per heavy atom. The molecule has 2 aromatic heterocycles. The van der Waals surface area contributed by atoms with Crippen LogP contribution in [0.1, 0.15) is 24.0 Å². The average Bonchev–Trinajstić information content (AvgIpc) is 3.45. The molecule has 0 aliphatic heterocycles. The Morgan fingerprint density at radius 2 is 1.81 bits per heavy atom. The number of aromatic nitrogens is 2. The molecule has 0 radical (unpaired) electrons. The number of amides is 2. The van der Waals surface area contributed by atoms with Crippen LogP contribution < -0.4 is 15.4 Å². The fraction of sp³-hybridized carbons (Fsp3) is 0.258. The molecule has 0 aliphatic rings. The zero-order valence-corrected chi connectivity index (χ0v) is 23.9. The van der Waals surface area contributed by atoms with Crippen LogP contribution in [-0.2, 0) is 20.8 Å². The molecule has 2 amide bonds. The summed E-state index contributed by atoms with van der Waals surface area (Å²) in [6, 6.07) is 15.9. The van der Waals surface area contributed by atoms with E-state index < -0.39 is 11.8 Å². The van der Waals surface area contributed by atoms with Crippen LogP contribution in [0.3, 0.4) is 0 Å². The van der Waals surface area contributed by atoms with Gasteiger partial charge in [-0.25, -0.2) is 9.18 Å².